The first-order chi connectivity index (χ1) is 9.88. The predicted octanol–water partition coefficient (Wildman–Crippen LogP) is 2.96. The molecule has 3 aromatic rings. The normalized spacial score (nSPS) is 12.0. The lowest BCUT2D eigenvalue weighted by molar-refractivity contribution is 0.513. The van der Waals surface area contributed by atoms with Gasteiger partial charge in [-0.15, -0.1) is 5.10 Å². The van der Waals surface area contributed by atoms with Crippen LogP contribution in [0.2, 0.25) is 0 Å². The van der Waals surface area contributed by atoms with Crippen LogP contribution in [-0.2, 0) is 5.41 Å². The van der Waals surface area contributed by atoms with Gasteiger partial charge in [0.2, 0.25) is 5.95 Å². The van der Waals surface area contributed by atoms with E-state index in [9.17, 15) is 4.39 Å². The largest absolute Gasteiger partial charge is 0.255 e. The molecule has 0 aliphatic carbocycles. The van der Waals surface area contributed by atoms with E-state index in [1.54, 1.807) is 6.92 Å². The summed E-state index contributed by atoms with van der Waals surface area (Å²) in [5.41, 5.74) is 2.33. The van der Waals surface area contributed by atoms with Crippen LogP contribution in [0.25, 0.3) is 17.0 Å². The molecule has 0 N–H and O–H groups in total. The highest BCUT2D eigenvalue weighted by molar-refractivity contribution is 5.75. The fourth-order valence-electron chi connectivity index (χ4n) is 2.32. The van der Waals surface area contributed by atoms with Gasteiger partial charge in [0.1, 0.15) is 5.52 Å². The molecule has 21 heavy (non-hydrogen) atoms. The minimum absolute atomic E-state index is 0.205. The Labute approximate surface area is 121 Å². The van der Waals surface area contributed by atoms with Gasteiger partial charge in [0.05, 0.1) is 11.2 Å². The van der Waals surface area contributed by atoms with Gasteiger partial charge in [0.15, 0.2) is 0 Å². The molecule has 0 amide bonds. The van der Waals surface area contributed by atoms with Crippen LogP contribution in [0, 0.1) is 12.9 Å². The lowest BCUT2D eigenvalue weighted by Gasteiger charge is -2.20. The first kappa shape index (κ1) is 13.6. The van der Waals surface area contributed by atoms with Crippen LogP contribution < -0.4 is 0 Å². The summed E-state index contributed by atoms with van der Waals surface area (Å²) in [6.45, 7) is 7.67. The molecule has 0 saturated carbocycles. The van der Waals surface area contributed by atoms with Crippen molar-refractivity contribution < 1.29 is 4.39 Å². The van der Waals surface area contributed by atoms with E-state index in [4.69, 9.17) is 0 Å². The van der Waals surface area contributed by atoms with Gasteiger partial charge in [-0.25, -0.2) is 4.98 Å². The second-order valence-electron chi connectivity index (χ2n) is 6.03. The Kier molecular flexibility index (Phi) is 2.97. The number of hydrogen-bond donors (Lipinski definition) is 0. The average Bonchev–Trinajstić information content (AvgIpc) is 2.84. The van der Waals surface area contributed by atoms with Gasteiger partial charge >= 0.3 is 0 Å². The molecular weight excluding hydrogens is 269 g/mol. The molecule has 0 saturated heterocycles. The molecule has 5 nitrogen and oxygen atoms in total. The summed E-state index contributed by atoms with van der Waals surface area (Å²) >= 11 is 0. The number of aromatic nitrogens is 5. The fourth-order valence-corrected chi connectivity index (χ4v) is 2.32. The summed E-state index contributed by atoms with van der Waals surface area (Å²) in [5, 5.41) is 8.08. The van der Waals surface area contributed by atoms with Crippen LogP contribution in [0.5, 0.6) is 0 Å². The Balaban J connectivity index is 2.26. The maximum atomic E-state index is 14.1. The summed E-state index contributed by atoms with van der Waals surface area (Å²) in [4.78, 5) is 8.43. The molecule has 1 aromatic carbocycles. The molecule has 108 valence electrons. The number of halogens is 1. The Bertz CT molecular complexity index is 817. The smallest absolute Gasteiger partial charge is 0.215 e. The molecule has 3 rings (SSSR count). The molecule has 6 heteroatoms. The number of nitrogens with zero attached hydrogens (tertiary/aromatic N) is 5. The monoisotopic (exact) mass is 285 g/mol. The van der Waals surface area contributed by atoms with Gasteiger partial charge in [-0.3, -0.25) is 0 Å². The third-order valence-corrected chi connectivity index (χ3v) is 3.33. The number of hydrogen-bond acceptors (Lipinski definition) is 4. The van der Waals surface area contributed by atoms with Crippen molar-refractivity contribution in [1.82, 2.24) is 25.0 Å². The summed E-state index contributed by atoms with van der Waals surface area (Å²) < 4.78 is 15.6. The van der Waals surface area contributed by atoms with E-state index < -0.39 is 5.95 Å². The van der Waals surface area contributed by atoms with Gasteiger partial charge in [-0.05, 0) is 19.1 Å². The van der Waals surface area contributed by atoms with Crippen LogP contribution in [0.3, 0.4) is 0 Å². The minimum atomic E-state index is -0.524. The van der Waals surface area contributed by atoms with Crippen molar-refractivity contribution in [3.8, 4) is 5.95 Å². The third kappa shape index (κ3) is 2.26. The maximum absolute atomic E-state index is 14.1. The molecule has 0 bridgehead atoms. The first-order valence-corrected chi connectivity index (χ1v) is 6.73. The molecular formula is C15H16FN5. The van der Waals surface area contributed by atoms with E-state index in [0.29, 0.717) is 11.3 Å². The summed E-state index contributed by atoms with van der Waals surface area (Å²) in [5.74, 6) is -0.318. The molecule has 0 aliphatic rings. The van der Waals surface area contributed by atoms with Crippen molar-refractivity contribution in [3.05, 3.63) is 41.5 Å². The van der Waals surface area contributed by atoms with Gasteiger partial charge < -0.3 is 0 Å². The van der Waals surface area contributed by atoms with Crippen molar-refractivity contribution >= 4 is 11.0 Å². The lowest BCUT2D eigenvalue weighted by atomic mass is 9.89. The zero-order valence-corrected chi connectivity index (χ0v) is 12.4. The van der Waals surface area contributed by atoms with Crippen LogP contribution in [0.1, 0.15) is 32.0 Å². The Morgan fingerprint density at radius 3 is 2.52 bits per heavy atom. The molecule has 0 spiro atoms. The Hall–Kier alpha value is -2.37. The first-order valence-electron chi connectivity index (χ1n) is 6.73. The van der Waals surface area contributed by atoms with Crippen molar-refractivity contribution in [1.29, 1.82) is 0 Å². The quantitative estimate of drug-likeness (QED) is 0.645. The van der Waals surface area contributed by atoms with Gasteiger partial charge in [0, 0.05) is 11.0 Å². The summed E-state index contributed by atoms with van der Waals surface area (Å²) in [6.07, 6.45) is 0. The highest BCUT2D eigenvalue weighted by atomic mass is 19.1. The minimum Gasteiger partial charge on any atom is -0.215 e. The summed E-state index contributed by atoms with van der Waals surface area (Å²) in [6, 6.07) is 7.44. The zero-order valence-electron chi connectivity index (χ0n) is 12.4. The van der Waals surface area contributed by atoms with Crippen molar-refractivity contribution in [3.63, 3.8) is 0 Å². The van der Waals surface area contributed by atoms with Crippen LogP contribution in [-0.4, -0.2) is 25.0 Å². The number of fused-ring (bicyclic) bond motifs is 1. The van der Waals surface area contributed by atoms with Crippen LogP contribution in [0.15, 0.2) is 24.3 Å². The van der Waals surface area contributed by atoms with E-state index >= 15 is 0 Å². The van der Waals surface area contributed by atoms with E-state index in [-0.39, 0.29) is 11.4 Å². The van der Waals surface area contributed by atoms with Gasteiger partial charge in [-0.1, -0.05) is 38.1 Å². The van der Waals surface area contributed by atoms with Gasteiger partial charge in [-0.2, -0.15) is 14.1 Å². The molecule has 0 unspecified atom stereocenters. The summed E-state index contributed by atoms with van der Waals surface area (Å²) in [7, 11) is 0. The highest BCUT2D eigenvalue weighted by Gasteiger charge is 2.23. The van der Waals surface area contributed by atoms with E-state index in [1.165, 1.54) is 4.68 Å². The van der Waals surface area contributed by atoms with Crippen LogP contribution in [0.4, 0.5) is 4.39 Å². The predicted molar refractivity (Wildman–Crippen MR) is 77.9 cm³/mol. The maximum Gasteiger partial charge on any atom is 0.255 e. The second-order valence-corrected chi connectivity index (χ2v) is 6.03. The third-order valence-electron chi connectivity index (χ3n) is 3.33. The van der Waals surface area contributed by atoms with E-state index in [1.807, 2.05) is 45.0 Å². The molecule has 0 atom stereocenters. The molecule has 0 aliphatic heterocycles. The van der Waals surface area contributed by atoms with Crippen LogP contribution >= 0.6 is 0 Å². The molecule has 2 aromatic heterocycles. The number of benzene rings is 1. The topological polar surface area (TPSA) is 56.5 Å². The number of rotatable bonds is 1. The molecule has 0 fully saturated rings. The molecule has 0 radical (unpaired) electrons. The highest BCUT2D eigenvalue weighted by Crippen LogP contribution is 2.25. The van der Waals surface area contributed by atoms with E-state index in [0.717, 1.165) is 11.0 Å². The fraction of sp³-hybridized carbons (Fsp3) is 0.333. The average molecular weight is 285 g/mol. The Morgan fingerprint density at radius 2 is 1.81 bits per heavy atom. The van der Waals surface area contributed by atoms with Crippen molar-refractivity contribution in [2.45, 2.75) is 33.1 Å². The standard InChI is InChI=1S/C15H16FN5/c1-9-12(15(2,3)4)17-14(18-13(9)16)21-11-8-6-5-7-10(11)19-20-21/h5-8H,1-4H3. The van der Waals surface area contributed by atoms with Crippen molar-refractivity contribution in [2.75, 3.05) is 0 Å². The molecule has 2 heterocycles. The number of para-hydroxylation sites is 1. The Morgan fingerprint density at radius 1 is 1.10 bits per heavy atom. The zero-order chi connectivity index (χ0) is 15.2. The van der Waals surface area contributed by atoms with E-state index in [2.05, 4.69) is 20.3 Å². The van der Waals surface area contributed by atoms with Gasteiger partial charge in [0.25, 0.3) is 5.95 Å². The van der Waals surface area contributed by atoms with Crippen molar-refractivity contribution in [2.24, 2.45) is 0 Å². The lowest BCUT2D eigenvalue weighted by Crippen LogP contribution is -2.20. The SMILES string of the molecule is Cc1c(F)nc(-n2nnc3ccccc32)nc1C(C)(C)C. The second kappa shape index (κ2) is 4.58.